The molecular weight excluding hydrogens is 270 g/mol. The van der Waals surface area contributed by atoms with E-state index in [-0.39, 0.29) is 18.7 Å². The van der Waals surface area contributed by atoms with Crippen molar-refractivity contribution in [2.45, 2.75) is 32.6 Å². The van der Waals surface area contributed by atoms with Crippen LogP contribution in [0.3, 0.4) is 0 Å². The Morgan fingerprint density at radius 1 is 1.42 bits per heavy atom. The van der Waals surface area contributed by atoms with E-state index < -0.39 is 16.3 Å². The average molecular weight is 286 g/mol. The summed E-state index contributed by atoms with van der Waals surface area (Å²) in [5.74, 6) is -0.508. The molecule has 0 bridgehead atoms. The van der Waals surface area contributed by atoms with E-state index in [1.165, 1.54) is 6.07 Å². The molecule has 104 valence electrons. The highest BCUT2D eigenvalue weighted by Crippen LogP contribution is 2.24. The Balaban J connectivity index is 2.98. The van der Waals surface area contributed by atoms with Gasteiger partial charge in [-0.2, -0.15) is 0 Å². The second-order valence-electron chi connectivity index (χ2n) is 4.25. The Hall–Kier alpha value is -1.62. The number of benzene rings is 1. The number of esters is 1. The Kier molecular flexibility index (Phi) is 5.30. The molecule has 5 nitrogen and oxygen atoms in total. The summed E-state index contributed by atoms with van der Waals surface area (Å²) in [6.07, 6.45) is 0.216. The molecule has 0 N–H and O–H groups in total. The zero-order valence-corrected chi connectivity index (χ0v) is 11.9. The Morgan fingerprint density at radius 3 is 2.58 bits per heavy atom. The fraction of sp³-hybridized carbons (Fsp3) is 0.462. The van der Waals surface area contributed by atoms with Crippen molar-refractivity contribution in [1.82, 2.24) is 0 Å². The number of hydrogen-bond acceptors (Lipinski definition) is 4. The molecule has 0 heterocycles. The van der Waals surface area contributed by atoms with Gasteiger partial charge in [-0.15, -0.1) is 11.6 Å². The lowest BCUT2D eigenvalue weighted by atomic mass is 10.00. The van der Waals surface area contributed by atoms with E-state index in [2.05, 4.69) is 0 Å². The molecule has 1 unspecified atom stereocenters. The van der Waals surface area contributed by atoms with Crippen molar-refractivity contribution in [2.24, 2.45) is 0 Å². The van der Waals surface area contributed by atoms with Crippen LogP contribution in [0, 0.1) is 24.0 Å². The van der Waals surface area contributed by atoms with Gasteiger partial charge in [-0.3, -0.25) is 14.9 Å². The number of hydrogen-bond donors (Lipinski definition) is 0. The second-order valence-corrected chi connectivity index (χ2v) is 4.77. The molecule has 1 aromatic carbocycles. The molecule has 19 heavy (non-hydrogen) atoms. The summed E-state index contributed by atoms with van der Waals surface area (Å²) < 4.78 is 4.81. The van der Waals surface area contributed by atoms with Crippen molar-refractivity contribution in [3.8, 4) is 0 Å². The van der Waals surface area contributed by atoms with Gasteiger partial charge in [-0.1, -0.05) is 0 Å². The third kappa shape index (κ3) is 3.92. The lowest BCUT2D eigenvalue weighted by molar-refractivity contribution is -0.385. The number of ether oxygens (including phenoxy) is 1. The highest BCUT2D eigenvalue weighted by atomic mass is 35.5. The van der Waals surface area contributed by atoms with Crippen LogP contribution < -0.4 is 0 Å². The van der Waals surface area contributed by atoms with Crippen molar-refractivity contribution in [2.75, 3.05) is 6.61 Å². The van der Waals surface area contributed by atoms with Gasteiger partial charge in [0.1, 0.15) is 5.38 Å². The third-order valence-corrected chi connectivity index (χ3v) is 3.13. The number of rotatable bonds is 5. The predicted molar refractivity (Wildman–Crippen MR) is 72.5 cm³/mol. The summed E-state index contributed by atoms with van der Waals surface area (Å²) in [5.41, 5.74) is 2.19. The number of aryl methyl sites for hydroxylation is 2. The van der Waals surface area contributed by atoms with Crippen molar-refractivity contribution < 1.29 is 14.5 Å². The highest BCUT2D eigenvalue weighted by molar-refractivity contribution is 6.30. The van der Waals surface area contributed by atoms with E-state index in [4.69, 9.17) is 16.3 Å². The summed E-state index contributed by atoms with van der Waals surface area (Å²) in [4.78, 5) is 21.9. The maximum absolute atomic E-state index is 11.5. The van der Waals surface area contributed by atoms with E-state index in [1.807, 2.05) is 6.92 Å². The van der Waals surface area contributed by atoms with E-state index >= 15 is 0 Å². The third-order valence-electron chi connectivity index (χ3n) is 2.79. The van der Waals surface area contributed by atoms with Crippen LogP contribution >= 0.6 is 11.6 Å². The monoisotopic (exact) mass is 285 g/mol. The van der Waals surface area contributed by atoms with Crippen molar-refractivity contribution in [3.63, 3.8) is 0 Å². The van der Waals surface area contributed by atoms with Gasteiger partial charge in [0.05, 0.1) is 11.5 Å². The van der Waals surface area contributed by atoms with E-state index in [0.29, 0.717) is 11.1 Å². The number of nitro benzene ring substituents is 1. The van der Waals surface area contributed by atoms with Gasteiger partial charge in [-0.05, 0) is 44.4 Å². The normalized spacial score (nSPS) is 12.0. The summed E-state index contributed by atoms with van der Waals surface area (Å²) in [6, 6.07) is 3.20. The number of carbonyl (C=O) groups is 1. The lowest BCUT2D eigenvalue weighted by Gasteiger charge is -2.11. The molecule has 0 saturated heterocycles. The molecule has 0 aromatic heterocycles. The van der Waals surface area contributed by atoms with E-state index in [0.717, 1.165) is 5.56 Å². The molecule has 0 amide bonds. The molecule has 1 atom stereocenters. The molecule has 0 fully saturated rings. The van der Waals surface area contributed by atoms with Crippen molar-refractivity contribution in [1.29, 1.82) is 0 Å². The zero-order valence-electron chi connectivity index (χ0n) is 11.1. The van der Waals surface area contributed by atoms with Gasteiger partial charge in [0.15, 0.2) is 0 Å². The number of nitrogens with zero attached hydrogens (tertiary/aromatic N) is 1. The molecule has 0 saturated carbocycles. The average Bonchev–Trinajstić information content (AvgIpc) is 2.32. The summed E-state index contributed by atoms with van der Waals surface area (Å²) >= 11 is 5.94. The first kappa shape index (κ1) is 15.4. The maximum Gasteiger partial charge on any atom is 0.324 e. The largest absolute Gasteiger partial charge is 0.465 e. The van der Waals surface area contributed by atoms with Gasteiger partial charge in [0.25, 0.3) is 5.69 Å². The summed E-state index contributed by atoms with van der Waals surface area (Å²) in [6.45, 7) is 5.47. The molecule has 0 aliphatic rings. The Morgan fingerprint density at radius 2 is 2.05 bits per heavy atom. The van der Waals surface area contributed by atoms with Crippen LogP contribution in [0.15, 0.2) is 12.1 Å². The van der Waals surface area contributed by atoms with Crippen LogP contribution in [0.4, 0.5) is 5.69 Å². The fourth-order valence-corrected chi connectivity index (χ4v) is 2.04. The predicted octanol–water partition coefficient (Wildman–Crippen LogP) is 2.92. The highest BCUT2D eigenvalue weighted by Gasteiger charge is 2.20. The van der Waals surface area contributed by atoms with Gasteiger partial charge < -0.3 is 4.74 Å². The quantitative estimate of drug-likeness (QED) is 0.361. The molecule has 0 aliphatic heterocycles. The fourth-order valence-electron chi connectivity index (χ4n) is 1.81. The molecule has 1 rings (SSSR count). The Bertz CT molecular complexity index is 502. The molecule has 0 spiro atoms. The molecule has 6 heteroatoms. The molecule has 0 radical (unpaired) electrons. The molecule has 1 aromatic rings. The standard InChI is InChI=1S/C13H16ClNO4/c1-4-19-13(16)11(14)6-10-7-12(15(17)18)9(3)5-8(10)2/h5,7,11H,4,6H2,1-3H3. The van der Waals surface area contributed by atoms with Crippen LogP contribution in [-0.2, 0) is 16.0 Å². The van der Waals surface area contributed by atoms with Crippen LogP contribution in [0.25, 0.3) is 0 Å². The maximum atomic E-state index is 11.5. The van der Waals surface area contributed by atoms with Crippen LogP contribution in [0.2, 0.25) is 0 Å². The zero-order chi connectivity index (χ0) is 14.6. The first-order valence-electron chi connectivity index (χ1n) is 5.92. The van der Waals surface area contributed by atoms with E-state index in [9.17, 15) is 14.9 Å². The lowest BCUT2D eigenvalue weighted by Crippen LogP contribution is -2.20. The van der Waals surface area contributed by atoms with E-state index in [1.54, 1.807) is 19.9 Å². The summed E-state index contributed by atoms with van der Waals surface area (Å²) in [5, 5.41) is 10.1. The number of alkyl halides is 1. The molecular formula is C13H16ClNO4. The minimum atomic E-state index is -0.832. The number of carbonyl (C=O) groups excluding carboxylic acids is 1. The first-order valence-corrected chi connectivity index (χ1v) is 6.35. The number of halogens is 1. The van der Waals surface area contributed by atoms with Gasteiger partial charge in [0, 0.05) is 11.6 Å². The van der Waals surface area contributed by atoms with Crippen molar-refractivity contribution >= 4 is 23.3 Å². The minimum Gasteiger partial charge on any atom is -0.465 e. The smallest absolute Gasteiger partial charge is 0.324 e. The van der Waals surface area contributed by atoms with Gasteiger partial charge in [0.2, 0.25) is 0 Å². The Labute approximate surface area is 116 Å². The number of nitro groups is 1. The minimum absolute atomic E-state index is 0.0355. The van der Waals surface area contributed by atoms with Crippen LogP contribution in [-0.4, -0.2) is 22.9 Å². The van der Waals surface area contributed by atoms with Gasteiger partial charge in [-0.25, -0.2) is 0 Å². The molecule has 0 aliphatic carbocycles. The van der Waals surface area contributed by atoms with Gasteiger partial charge >= 0.3 is 5.97 Å². The summed E-state index contributed by atoms with van der Waals surface area (Å²) in [7, 11) is 0. The SMILES string of the molecule is CCOC(=O)C(Cl)Cc1cc([N+](=O)[O-])c(C)cc1C. The van der Waals surface area contributed by atoms with Crippen LogP contribution in [0.5, 0.6) is 0 Å². The second kappa shape index (κ2) is 6.52. The topological polar surface area (TPSA) is 69.4 Å². The van der Waals surface area contributed by atoms with Crippen LogP contribution in [0.1, 0.15) is 23.6 Å². The first-order chi connectivity index (χ1) is 8.86. The van der Waals surface area contributed by atoms with Crippen molar-refractivity contribution in [3.05, 3.63) is 38.9 Å².